The number of esters is 1. The Morgan fingerprint density at radius 3 is 2.64 bits per heavy atom. The van der Waals surface area contributed by atoms with Gasteiger partial charge in [-0.25, -0.2) is 4.79 Å². The molecule has 2 saturated heterocycles. The average molecular weight is 195 g/mol. The fourth-order valence-electron chi connectivity index (χ4n) is 2.49. The summed E-state index contributed by atoms with van der Waals surface area (Å²) in [6.45, 7) is 0. The largest absolute Gasteiger partial charge is 0.466 e. The topological polar surface area (TPSA) is 38.3 Å². The van der Waals surface area contributed by atoms with E-state index in [4.69, 9.17) is 0 Å². The summed E-state index contributed by atoms with van der Waals surface area (Å²) in [5.41, 5.74) is 1.25. The molecule has 2 atom stereocenters. The Hall–Kier alpha value is -0.830. The number of rotatable bonds is 1. The van der Waals surface area contributed by atoms with Gasteiger partial charge in [-0.1, -0.05) is 12.0 Å². The summed E-state index contributed by atoms with van der Waals surface area (Å²) >= 11 is 0. The van der Waals surface area contributed by atoms with Crippen molar-refractivity contribution in [2.45, 2.75) is 44.2 Å². The second-order valence-corrected chi connectivity index (χ2v) is 4.23. The van der Waals surface area contributed by atoms with Gasteiger partial charge in [0.2, 0.25) is 0 Å². The Bertz CT molecular complexity index is 246. The molecule has 14 heavy (non-hydrogen) atoms. The molecule has 0 saturated carbocycles. The molecule has 3 nitrogen and oxygen atoms in total. The quantitative estimate of drug-likeness (QED) is 0.507. The normalized spacial score (nSPS) is 31.1. The van der Waals surface area contributed by atoms with Crippen molar-refractivity contribution in [3.05, 3.63) is 11.6 Å². The van der Waals surface area contributed by atoms with Crippen LogP contribution < -0.4 is 5.32 Å². The zero-order valence-electron chi connectivity index (χ0n) is 8.58. The van der Waals surface area contributed by atoms with E-state index in [1.807, 2.05) is 0 Å². The molecule has 3 heteroatoms. The smallest absolute Gasteiger partial charge is 0.330 e. The Balaban J connectivity index is 2.01. The molecule has 2 aliphatic heterocycles. The van der Waals surface area contributed by atoms with Gasteiger partial charge in [0.05, 0.1) is 7.11 Å². The van der Waals surface area contributed by atoms with Crippen LogP contribution in [0.4, 0.5) is 0 Å². The van der Waals surface area contributed by atoms with Crippen molar-refractivity contribution >= 4 is 5.97 Å². The highest BCUT2D eigenvalue weighted by Gasteiger charge is 2.27. The Morgan fingerprint density at radius 1 is 1.43 bits per heavy atom. The highest BCUT2D eigenvalue weighted by Crippen LogP contribution is 2.28. The number of ether oxygens (including phenoxy) is 1. The predicted octanol–water partition coefficient (Wildman–Crippen LogP) is 1.39. The molecule has 2 aliphatic rings. The number of nitrogens with one attached hydrogen (secondary N) is 1. The highest BCUT2D eigenvalue weighted by atomic mass is 16.5. The molecule has 2 fully saturated rings. The van der Waals surface area contributed by atoms with E-state index in [0.29, 0.717) is 12.1 Å². The number of hydrogen-bond acceptors (Lipinski definition) is 3. The number of carbonyl (C=O) groups excluding carboxylic acids is 1. The van der Waals surface area contributed by atoms with E-state index in [-0.39, 0.29) is 5.97 Å². The first-order valence-electron chi connectivity index (χ1n) is 5.31. The van der Waals surface area contributed by atoms with Crippen molar-refractivity contribution in [3.8, 4) is 0 Å². The summed E-state index contributed by atoms with van der Waals surface area (Å²) in [4.78, 5) is 11.1. The van der Waals surface area contributed by atoms with Crippen LogP contribution in [-0.2, 0) is 9.53 Å². The average Bonchev–Trinajstić information content (AvgIpc) is 2.17. The van der Waals surface area contributed by atoms with Crippen LogP contribution in [-0.4, -0.2) is 25.2 Å². The molecule has 0 aromatic rings. The van der Waals surface area contributed by atoms with Crippen LogP contribution in [0.15, 0.2) is 11.6 Å². The lowest BCUT2D eigenvalue weighted by molar-refractivity contribution is -0.134. The molecule has 2 unspecified atom stereocenters. The van der Waals surface area contributed by atoms with Crippen molar-refractivity contribution in [3.63, 3.8) is 0 Å². The molecule has 2 bridgehead atoms. The van der Waals surface area contributed by atoms with Gasteiger partial charge in [0.25, 0.3) is 0 Å². The van der Waals surface area contributed by atoms with Crippen molar-refractivity contribution in [1.29, 1.82) is 0 Å². The van der Waals surface area contributed by atoms with Gasteiger partial charge in [-0.2, -0.15) is 0 Å². The van der Waals surface area contributed by atoms with Gasteiger partial charge in [0, 0.05) is 18.2 Å². The van der Waals surface area contributed by atoms with E-state index in [1.54, 1.807) is 6.08 Å². The van der Waals surface area contributed by atoms with Crippen LogP contribution in [0, 0.1) is 0 Å². The third-order valence-corrected chi connectivity index (χ3v) is 3.12. The Labute approximate surface area is 84.5 Å². The van der Waals surface area contributed by atoms with Crippen LogP contribution in [0.5, 0.6) is 0 Å². The summed E-state index contributed by atoms with van der Waals surface area (Å²) in [7, 11) is 1.43. The number of piperidine rings is 2. The Morgan fingerprint density at radius 2 is 2.07 bits per heavy atom. The van der Waals surface area contributed by atoms with Gasteiger partial charge in [-0.05, 0) is 25.7 Å². The third-order valence-electron chi connectivity index (χ3n) is 3.12. The van der Waals surface area contributed by atoms with Crippen LogP contribution in [0.3, 0.4) is 0 Å². The molecule has 0 spiro atoms. The number of hydrogen-bond donors (Lipinski definition) is 1. The molecule has 0 aromatic heterocycles. The molecule has 2 heterocycles. The zero-order valence-corrected chi connectivity index (χ0v) is 8.58. The lowest BCUT2D eigenvalue weighted by Crippen LogP contribution is -2.46. The molecular weight excluding hydrogens is 178 g/mol. The van der Waals surface area contributed by atoms with Gasteiger partial charge in [0.1, 0.15) is 0 Å². The van der Waals surface area contributed by atoms with Gasteiger partial charge in [0.15, 0.2) is 0 Å². The maximum absolute atomic E-state index is 11.1. The van der Waals surface area contributed by atoms with Gasteiger partial charge >= 0.3 is 5.97 Å². The number of fused-ring (bicyclic) bond motifs is 2. The van der Waals surface area contributed by atoms with E-state index in [0.717, 1.165) is 12.8 Å². The first-order chi connectivity index (χ1) is 6.78. The van der Waals surface area contributed by atoms with Gasteiger partial charge in [-0.15, -0.1) is 0 Å². The van der Waals surface area contributed by atoms with Crippen LogP contribution in [0.25, 0.3) is 0 Å². The SMILES string of the molecule is COC(=O)C=C1CC2CCCC(C1)N2. The van der Waals surface area contributed by atoms with Crippen molar-refractivity contribution in [1.82, 2.24) is 5.32 Å². The summed E-state index contributed by atoms with van der Waals surface area (Å²) < 4.78 is 4.64. The minimum Gasteiger partial charge on any atom is -0.466 e. The van der Waals surface area contributed by atoms with E-state index in [9.17, 15) is 4.79 Å². The lowest BCUT2D eigenvalue weighted by Gasteiger charge is -2.37. The summed E-state index contributed by atoms with van der Waals surface area (Å²) in [5.74, 6) is -0.208. The first-order valence-corrected chi connectivity index (χ1v) is 5.31. The first kappa shape index (κ1) is 9.71. The van der Waals surface area contributed by atoms with Crippen molar-refractivity contribution < 1.29 is 9.53 Å². The molecule has 0 aromatic carbocycles. The molecule has 78 valence electrons. The van der Waals surface area contributed by atoms with Gasteiger partial charge < -0.3 is 10.1 Å². The maximum atomic E-state index is 11.1. The van der Waals surface area contributed by atoms with Crippen LogP contribution in [0.2, 0.25) is 0 Å². The molecular formula is C11H17NO2. The standard InChI is InChI=1S/C11H17NO2/c1-14-11(13)7-8-5-9-3-2-4-10(6-8)12-9/h7,9-10,12H,2-6H2,1H3. The monoisotopic (exact) mass is 195 g/mol. The fourth-order valence-corrected chi connectivity index (χ4v) is 2.49. The molecule has 1 N–H and O–H groups in total. The second kappa shape index (κ2) is 4.13. The summed E-state index contributed by atoms with van der Waals surface area (Å²) in [6.07, 6.45) is 7.53. The summed E-state index contributed by atoms with van der Waals surface area (Å²) in [5, 5.41) is 3.58. The zero-order chi connectivity index (χ0) is 9.97. The van der Waals surface area contributed by atoms with Gasteiger partial charge in [-0.3, -0.25) is 0 Å². The predicted molar refractivity (Wildman–Crippen MR) is 53.9 cm³/mol. The van der Waals surface area contributed by atoms with Crippen molar-refractivity contribution in [2.75, 3.05) is 7.11 Å². The second-order valence-electron chi connectivity index (χ2n) is 4.23. The highest BCUT2D eigenvalue weighted by molar-refractivity contribution is 5.82. The minimum atomic E-state index is -0.208. The molecule has 0 amide bonds. The lowest BCUT2D eigenvalue weighted by atomic mass is 9.84. The van der Waals surface area contributed by atoms with E-state index in [2.05, 4.69) is 10.1 Å². The Kier molecular flexibility index (Phi) is 2.87. The minimum absolute atomic E-state index is 0.208. The van der Waals surface area contributed by atoms with Crippen LogP contribution in [0.1, 0.15) is 32.1 Å². The molecule has 0 aliphatic carbocycles. The fraction of sp³-hybridized carbons (Fsp3) is 0.727. The maximum Gasteiger partial charge on any atom is 0.330 e. The van der Waals surface area contributed by atoms with E-state index < -0.39 is 0 Å². The molecule has 2 rings (SSSR count). The number of methoxy groups -OCH3 is 1. The van der Waals surface area contributed by atoms with Crippen LogP contribution >= 0.6 is 0 Å². The number of carbonyl (C=O) groups is 1. The molecule has 0 radical (unpaired) electrons. The summed E-state index contributed by atoms with van der Waals surface area (Å²) in [6, 6.07) is 1.19. The van der Waals surface area contributed by atoms with E-state index in [1.165, 1.54) is 31.9 Å². The third kappa shape index (κ3) is 2.15. The van der Waals surface area contributed by atoms with Crippen molar-refractivity contribution in [2.24, 2.45) is 0 Å². The van der Waals surface area contributed by atoms with E-state index >= 15 is 0 Å².